The SMILES string of the molecule is [N-]=[N+]=Nc1ccccc1C[C@@]1(C(=O)NCc2ccccc2Sc2ccccc2)N=C(c2ccc(OCCCO)cc2)O[C@@H]1c1ccc(Cl)cc1Cl. The number of amides is 1. The van der Waals surface area contributed by atoms with Gasteiger partial charge in [-0.05, 0) is 71.3 Å². The van der Waals surface area contributed by atoms with E-state index < -0.39 is 17.6 Å². The molecule has 0 saturated carbocycles. The average Bonchev–Trinajstić information content (AvgIpc) is 3.53. The number of aliphatic hydroxyl groups is 1. The molecule has 5 aromatic carbocycles. The van der Waals surface area contributed by atoms with Gasteiger partial charge >= 0.3 is 0 Å². The third-order valence-electron chi connectivity index (χ3n) is 8.26. The molecule has 0 aliphatic carbocycles. The van der Waals surface area contributed by atoms with Gasteiger partial charge in [0.15, 0.2) is 11.6 Å². The largest absolute Gasteiger partial charge is 0.494 e. The van der Waals surface area contributed by atoms with E-state index >= 15 is 0 Å². The second-order valence-corrected chi connectivity index (χ2v) is 13.6. The number of hydrogen-bond acceptors (Lipinski definition) is 7. The molecule has 2 N–H and O–H groups in total. The minimum Gasteiger partial charge on any atom is -0.494 e. The van der Waals surface area contributed by atoms with Gasteiger partial charge in [0.2, 0.25) is 5.90 Å². The summed E-state index contributed by atoms with van der Waals surface area (Å²) in [4.78, 5) is 25.1. The van der Waals surface area contributed by atoms with Crippen molar-refractivity contribution in [2.24, 2.45) is 10.1 Å². The Morgan fingerprint density at radius 2 is 1.69 bits per heavy atom. The van der Waals surface area contributed by atoms with E-state index in [2.05, 4.69) is 15.3 Å². The smallest absolute Gasteiger partial charge is 0.252 e. The maximum absolute atomic E-state index is 14.9. The topological polar surface area (TPSA) is 129 Å². The van der Waals surface area contributed by atoms with Gasteiger partial charge in [-0.25, -0.2) is 4.99 Å². The van der Waals surface area contributed by atoms with E-state index in [0.29, 0.717) is 51.2 Å². The number of halogens is 2. The van der Waals surface area contributed by atoms with Gasteiger partial charge in [-0.3, -0.25) is 4.79 Å². The van der Waals surface area contributed by atoms with E-state index in [-0.39, 0.29) is 25.5 Å². The number of nitrogens with one attached hydrogen (secondary N) is 1. The van der Waals surface area contributed by atoms with Crippen molar-refractivity contribution < 1.29 is 19.4 Å². The van der Waals surface area contributed by atoms with Crippen molar-refractivity contribution in [1.29, 1.82) is 0 Å². The summed E-state index contributed by atoms with van der Waals surface area (Å²) in [5.41, 5.74) is 10.8. The van der Waals surface area contributed by atoms with E-state index in [1.54, 1.807) is 72.4 Å². The van der Waals surface area contributed by atoms with Gasteiger partial charge < -0.3 is 19.9 Å². The van der Waals surface area contributed by atoms with Crippen molar-refractivity contribution in [1.82, 2.24) is 5.32 Å². The highest BCUT2D eigenvalue weighted by Gasteiger charge is 2.54. The summed E-state index contributed by atoms with van der Waals surface area (Å²) in [5, 5.41) is 16.9. The van der Waals surface area contributed by atoms with Crippen molar-refractivity contribution >= 4 is 52.5 Å². The predicted octanol–water partition coefficient (Wildman–Crippen LogP) is 9.66. The van der Waals surface area contributed by atoms with Crippen molar-refractivity contribution in [3.63, 3.8) is 0 Å². The quantitative estimate of drug-likeness (QED) is 0.0508. The summed E-state index contributed by atoms with van der Waals surface area (Å²) < 4.78 is 12.4. The average molecular weight is 739 g/mol. The molecule has 1 aliphatic heterocycles. The molecule has 0 saturated heterocycles. The Hall–Kier alpha value is -4.96. The highest BCUT2D eigenvalue weighted by atomic mass is 35.5. The van der Waals surface area contributed by atoms with E-state index in [0.717, 1.165) is 15.4 Å². The third-order valence-corrected chi connectivity index (χ3v) is 9.95. The first-order valence-corrected chi connectivity index (χ1v) is 17.7. The van der Waals surface area contributed by atoms with Crippen LogP contribution in [0.25, 0.3) is 10.4 Å². The lowest BCUT2D eigenvalue weighted by Gasteiger charge is -2.31. The zero-order valence-electron chi connectivity index (χ0n) is 27.3. The molecule has 1 amide bonds. The zero-order chi connectivity index (χ0) is 35.6. The highest BCUT2D eigenvalue weighted by Crippen LogP contribution is 2.46. The third kappa shape index (κ3) is 8.51. The molecular formula is C39H33Cl2N5O4S. The summed E-state index contributed by atoms with van der Waals surface area (Å²) in [5.74, 6) is 0.430. The van der Waals surface area contributed by atoms with Crippen molar-refractivity contribution in [2.75, 3.05) is 13.2 Å². The summed E-state index contributed by atoms with van der Waals surface area (Å²) in [7, 11) is 0. The number of nitrogens with zero attached hydrogens (tertiary/aromatic N) is 4. The van der Waals surface area contributed by atoms with Gasteiger partial charge in [0.25, 0.3) is 5.91 Å². The highest BCUT2D eigenvalue weighted by molar-refractivity contribution is 7.99. The maximum Gasteiger partial charge on any atom is 0.252 e. The molecule has 2 atom stereocenters. The number of azide groups is 1. The Bertz CT molecular complexity index is 2080. The number of aliphatic imine (C=N–C) groups is 1. The molecule has 12 heteroatoms. The molecule has 0 aromatic heterocycles. The van der Waals surface area contributed by atoms with Crippen LogP contribution >= 0.6 is 35.0 Å². The second kappa shape index (κ2) is 16.8. The van der Waals surface area contributed by atoms with Crippen LogP contribution in [0, 0.1) is 0 Å². The van der Waals surface area contributed by atoms with Gasteiger partial charge in [0.1, 0.15) is 5.75 Å². The maximum atomic E-state index is 14.9. The Morgan fingerprint density at radius 3 is 2.43 bits per heavy atom. The number of rotatable bonds is 14. The van der Waals surface area contributed by atoms with Crippen LogP contribution in [-0.2, 0) is 22.5 Å². The first-order valence-electron chi connectivity index (χ1n) is 16.2. The van der Waals surface area contributed by atoms with Crippen LogP contribution in [0.4, 0.5) is 5.69 Å². The van der Waals surface area contributed by atoms with Crippen LogP contribution in [-0.4, -0.2) is 35.7 Å². The minimum absolute atomic E-state index is 0.0178. The van der Waals surface area contributed by atoms with Crippen LogP contribution in [0.1, 0.15) is 34.8 Å². The van der Waals surface area contributed by atoms with Gasteiger partial charge in [-0.15, -0.1) is 0 Å². The molecule has 1 aliphatic rings. The number of carbonyl (C=O) groups excluding carboxylic acids is 1. The molecule has 0 fully saturated rings. The number of aliphatic hydroxyl groups excluding tert-OH is 1. The van der Waals surface area contributed by atoms with Crippen LogP contribution < -0.4 is 10.1 Å². The van der Waals surface area contributed by atoms with E-state index in [1.807, 2.05) is 60.7 Å². The summed E-state index contributed by atoms with van der Waals surface area (Å²) in [6, 6.07) is 37.2. The van der Waals surface area contributed by atoms with Gasteiger partial charge in [0, 0.05) is 67.6 Å². The lowest BCUT2D eigenvalue weighted by Crippen LogP contribution is -2.49. The van der Waals surface area contributed by atoms with E-state index in [1.165, 1.54) is 0 Å². The number of ether oxygens (including phenoxy) is 2. The number of hydrogen-bond donors (Lipinski definition) is 2. The fraction of sp³-hybridized carbons (Fsp3) is 0.179. The van der Waals surface area contributed by atoms with Crippen molar-refractivity contribution in [2.45, 2.75) is 40.8 Å². The van der Waals surface area contributed by atoms with E-state index in [9.17, 15) is 10.3 Å². The molecule has 0 unspecified atom stereocenters. The van der Waals surface area contributed by atoms with Gasteiger partial charge in [-0.2, -0.15) is 0 Å². The van der Waals surface area contributed by atoms with Crippen LogP contribution in [0.3, 0.4) is 0 Å². The second-order valence-electron chi connectivity index (χ2n) is 11.7. The molecular weight excluding hydrogens is 705 g/mol. The Kier molecular flexibility index (Phi) is 11.8. The Labute approximate surface area is 309 Å². The molecule has 258 valence electrons. The Balaban J connectivity index is 1.43. The zero-order valence-corrected chi connectivity index (χ0v) is 29.6. The molecule has 0 bridgehead atoms. The van der Waals surface area contributed by atoms with Gasteiger partial charge in [0.05, 0.1) is 6.61 Å². The number of carbonyl (C=O) groups is 1. The van der Waals surface area contributed by atoms with Gasteiger partial charge in [-0.1, -0.05) is 107 Å². The lowest BCUT2D eigenvalue weighted by molar-refractivity contribution is -0.129. The van der Waals surface area contributed by atoms with E-state index in [4.69, 9.17) is 42.8 Å². The molecule has 1 heterocycles. The lowest BCUT2D eigenvalue weighted by atomic mass is 9.81. The Morgan fingerprint density at radius 1 is 0.961 bits per heavy atom. The van der Waals surface area contributed by atoms with Crippen LogP contribution in [0.15, 0.2) is 141 Å². The fourth-order valence-electron chi connectivity index (χ4n) is 5.76. The molecule has 6 rings (SSSR count). The minimum atomic E-state index is -1.61. The summed E-state index contributed by atoms with van der Waals surface area (Å²) in [6.07, 6.45) is -0.471. The molecule has 51 heavy (non-hydrogen) atoms. The summed E-state index contributed by atoms with van der Waals surface area (Å²) >= 11 is 14.7. The first kappa shape index (κ1) is 35.9. The van der Waals surface area contributed by atoms with Crippen LogP contribution in [0.5, 0.6) is 5.75 Å². The standard InChI is InChI=1S/C39H33Cl2N5O4S/c40-29-17-20-32(33(41)23-29)36-39(24-27-9-4-6-13-34(27)45-46-42,44-37(50-36)26-15-18-30(19-16-26)49-22-8-21-47)38(48)43-25-28-10-5-7-14-35(28)51-31-11-2-1-3-12-31/h1-7,9-20,23,36,47H,8,21-22,24-25H2,(H,43,48)/t36-,39-/m1/s1. The molecule has 9 nitrogen and oxygen atoms in total. The summed E-state index contributed by atoms with van der Waals surface area (Å²) in [6.45, 7) is 0.605. The molecule has 0 radical (unpaired) electrons. The fourth-order valence-corrected chi connectivity index (χ4v) is 7.24. The first-order chi connectivity index (χ1) is 24.9. The molecule has 5 aromatic rings. The van der Waals surface area contributed by atoms with Crippen molar-refractivity contribution in [3.05, 3.63) is 164 Å². The number of benzene rings is 5. The predicted molar refractivity (Wildman–Crippen MR) is 201 cm³/mol. The van der Waals surface area contributed by atoms with Crippen LogP contribution in [0.2, 0.25) is 10.0 Å². The monoisotopic (exact) mass is 737 g/mol. The molecule has 0 spiro atoms. The normalized spacial score (nSPS) is 16.5. The van der Waals surface area contributed by atoms with Crippen molar-refractivity contribution in [3.8, 4) is 5.75 Å².